The first-order valence-corrected chi connectivity index (χ1v) is 12.0. The van der Waals surface area contributed by atoms with Gasteiger partial charge in [-0.05, 0) is 37.8 Å². The third kappa shape index (κ3) is 5.64. The summed E-state index contributed by atoms with van der Waals surface area (Å²) in [5.41, 5.74) is 0.670. The third-order valence-electron chi connectivity index (χ3n) is 6.83. The number of nitrogens with one attached hydrogen (secondary N) is 3. The number of rotatable bonds is 4. The first kappa shape index (κ1) is 23.1. The van der Waals surface area contributed by atoms with Crippen LogP contribution in [-0.2, 0) is 14.4 Å². The molecule has 2 heterocycles. The molecule has 1 aliphatic carbocycles. The second-order valence-corrected chi connectivity index (χ2v) is 9.12. The Kier molecular flexibility index (Phi) is 7.47. The molecule has 0 radical (unpaired) electrons. The van der Waals surface area contributed by atoms with Crippen LogP contribution in [0, 0.1) is 5.92 Å². The van der Waals surface area contributed by atoms with Gasteiger partial charge in [0.15, 0.2) is 0 Å². The van der Waals surface area contributed by atoms with E-state index in [2.05, 4.69) is 16.0 Å². The summed E-state index contributed by atoms with van der Waals surface area (Å²) >= 11 is 0. The zero-order chi connectivity index (χ0) is 23.2. The standard InChI is InChI=1S/C24H33N5O4/c30-21-19(12-7-13-25-21)27-22(31)20-16-28(24(33)26-18-10-5-2-6-11-18)14-15-29(20)23(32)17-8-3-1-4-9-17/h2,5-6,10-11,17,19-20H,1,3-4,7-9,12-16H2,(H,25,30)(H,26,33)(H,27,31)/t19-,20-/m1/s1. The molecule has 9 nitrogen and oxygen atoms in total. The molecule has 3 aliphatic rings. The Morgan fingerprint density at radius 1 is 0.939 bits per heavy atom. The van der Waals surface area contributed by atoms with Crippen LogP contribution in [0.4, 0.5) is 10.5 Å². The molecule has 0 aromatic heterocycles. The van der Waals surface area contributed by atoms with E-state index in [0.29, 0.717) is 31.7 Å². The van der Waals surface area contributed by atoms with Crippen LogP contribution < -0.4 is 16.0 Å². The molecule has 1 aromatic carbocycles. The van der Waals surface area contributed by atoms with E-state index in [9.17, 15) is 19.2 Å². The van der Waals surface area contributed by atoms with Crippen LogP contribution in [0.15, 0.2) is 30.3 Å². The van der Waals surface area contributed by atoms with Gasteiger partial charge < -0.3 is 25.8 Å². The molecular weight excluding hydrogens is 422 g/mol. The van der Waals surface area contributed by atoms with Crippen molar-refractivity contribution in [2.75, 3.05) is 31.5 Å². The molecule has 2 saturated heterocycles. The molecule has 3 N–H and O–H groups in total. The highest BCUT2D eigenvalue weighted by Crippen LogP contribution is 2.27. The van der Waals surface area contributed by atoms with Crippen molar-refractivity contribution in [1.82, 2.24) is 20.4 Å². The Bertz CT molecular complexity index is 871. The second kappa shape index (κ2) is 10.7. The molecule has 1 saturated carbocycles. The van der Waals surface area contributed by atoms with Gasteiger partial charge in [-0.25, -0.2) is 4.79 Å². The fourth-order valence-corrected chi connectivity index (χ4v) is 4.94. The van der Waals surface area contributed by atoms with Crippen LogP contribution in [-0.4, -0.2) is 71.8 Å². The monoisotopic (exact) mass is 455 g/mol. The molecule has 2 aliphatic heterocycles. The van der Waals surface area contributed by atoms with Gasteiger partial charge in [-0.1, -0.05) is 37.5 Å². The van der Waals surface area contributed by atoms with Gasteiger partial charge in [0.05, 0.1) is 6.54 Å². The zero-order valence-electron chi connectivity index (χ0n) is 18.9. The van der Waals surface area contributed by atoms with Crippen LogP contribution in [0.2, 0.25) is 0 Å². The first-order valence-electron chi connectivity index (χ1n) is 12.0. The van der Waals surface area contributed by atoms with Gasteiger partial charge in [-0.3, -0.25) is 14.4 Å². The lowest BCUT2D eigenvalue weighted by Crippen LogP contribution is -2.64. The maximum atomic E-state index is 13.3. The van der Waals surface area contributed by atoms with Gasteiger partial charge in [0.2, 0.25) is 17.7 Å². The van der Waals surface area contributed by atoms with E-state index in [1.165, 1.54) is 0 Å². The topological polar surface area (TPSA) is 111 Å². The van der Waals surface area contributed by atoms with Gasteiger partial charge >= 0.3 is 6.03 Å². The van der Waals surface area contributed by atoms with Gasteiger partial charge in [-0.15, -0.1) is 0 Å². The largest absolute Gasteiger partial charge is 0.354 e. The predicted octanol–water partition coefficient (Wildman–Crippen LogP) is 1.71. The first-order chi connectivity index (χ1) is 16.0. The number of anilines is 1. The average molecular weight is 456 g/mol. The summed E-state index contributed by atoms with van der Waals surface area (Å²) in [7, 11) is 0. The Labute approximate surface area is 194 Å². The Hall–Kier alpha value is -3.10. The van der Waals surface area contributed by atoms with E-state index in [1.807, 2.05) is 18.2 Å². The van der Waals surface area contributed by atoms with E-state index in [1.54, 1.807) is 21.9 Å². The highest BCUT2D eigenvalue weighted by atomic mass is 16.2. The molecule has 3 fully saturated rings. The van der Waals surface area contributed by atoms with Gasteiger partial charge in [0, 0.05) is 31.2 Å². The van der Waals surface area contributed by atoms with Crippen LogP contribution in [0.25, 0.3) is 0 Å². The highest BCUT2D eigenvalue weighted by molar-refractivity contribution is 5.94. The Morgan fingerprint density at radius 2 is 1.70 bits per heavy atom. The minimum atomic E-state index is -0.815. The molecule has 33 heavy (non-hydrogen) atoms. The fourth-order valence-electron chi connectivity index (χ4n) is 4.94. The quantitative estimate of drug-likeness (QED) is 0.642. The van der Waals surface area contributed by atoms with Crippen LogP contribution in [0.5, 0.6) is 0 Å². The van der Waals surface area contributed by atoms with Crippen molar-refractivity contribution in [3.05, 3.63) is 30.3 Å². The average Bonchev–Trinajstić information content (AvgIpc) is 2.85. The number of urea groups is 1. The van der Waals surface area contributed by atoms with Crippen molar-refractivity contribution in [2.45, 2.75) is 57.0 Å². The number of nitrogens with zero attached hydrogens (tertiary/aromatic N) is 2. The number of piperazine rings is 1. The summed E-state index contributed by atoms with van der Waals surface area (Å²) in [6.07, 6.45) is 6.22. The zero-order valence-corrected chi connectivity index (χ0v) is 18.9. The maximum absolute atomic E-state index is 13.3. The fraction of sp³-hybridized carbons (Fsp3) is 0.583. The second-order valence-electron chi connectivity index (χ2n) is 9.12. The summed E-state index contributed by atoms with van der Waals surface area (Å²) in [5, 5.41) is 8.46. The Balaban J connectivity index is 1.47. The van der Waals surface area contributed by atoms with Crippen molar-refractivity contribution >= 4 is 29.4 Å². The van der Waals surface area contributed by atoms with E-state index in [-0.39, 0.29) is 36.2 Å². The molecular formula is C24H33N5O4. The molecule has 1 aromatic rings. The van der Waals surface area contributed by atoms with Crippen molar-refractivity contribution in [3.8, 4) is 0 Å². The molecule has 5 amide bonds. The van der Waals surface area contributed by atoms with Crippen molar-refractivity contribution in [2.24, 2.45) is 5.92 Å². The number of amides is 5. The number of hydrogen-bond acceptors (Lipinski definition) is 4. The number of carbonyl (C=O) groups is 4. The highest BCUT2D eigenvalue weighted by Gasteiger charge is 2.40. The summed E-state index contributed by atoms with van der Waals surface area (Å²) in [6.45, 7) is 1.35. The Morgan fingerprint density at radius 3 is 2.42 bits per heavy atom. The van der Waals surface area contributed by atoms with Crippen molar-refractivity contribution in [3.63, 3.8) is 0 Å². The molecule has 4 rings (SSSR count). The smallest absolute Gasteiger partial charge is 0.321 e. The van der Waals surface area contributed by atoms with Crippen LogP contribution >= 0.6 is 0 Å². The van der Waals surface area contributed by atoms with Crippen molar-refractivity contribution < 1.29 is 19.2 Å². The molecule has 0 unspecified atom stereocenters. The summed E-state index contributed by atoms with van der Waals surface area (Å²) in [4.78, 5) is 54.9. The maximum Gasteiger partial charge on any atom is 0.321 e. The number of carbonyl (C=O) groups excluding carboxylic acids is 4. The lowest BCUT2D eigenvalue weighted by molar-refractivity contribution is -0.147. The molecule has 178 valence electrons. The van der Waals surface area contributed by atoms with E-state index in [4.69, 9.17) is 0 Å². The number of para-hydroxylation sites is 1. The number of piperidine rings is 1. The third-order valence-corrected chi connectivity index (χ3v) is 6.83. The molecule has 9 heteroatoms. The minimum Gasteiger partial charge on any atom is -0.354 e. The van der Waals surface area contributed by atoms with Crippen molar-refractivity contribution in [1.29, 1.82) is 0 Å². The molecule has 0 spiro atoms. The van der Waals surface area contributed by atoms with E-state index >= 15 is 0 Å². The lowest BCUT2D eigenvalue weighted by Gasteiger charge is -2.42. The van der Waals surface area contributed by atoms with Gasteiger partial charge in [0.25, 0.3) is 0 Å². The van der Waals surface area contributed by atoms with Crippen LogP contribution in [0.3, 0.4) is 0 Å². The van der Waals surface area contributed by atoms with E-state index in [0.717, 1.165) is 38.5 Å². The predicted molar refractivity (Wildman–Crippen MR) is 123 cm³/mol. The summed E-state index contributed by atoms with van der Waals surface area (Å²) < 4.78 is 0. The molecule has 2 atom stereocenters. The van der Waals surface area contributed by atoms with E-state index < -0.39 is 12.1 Å². The summed E-state index contributed by atoms with van der Waals surface area (Å²) in [6, 6.07) is 7.41. The molecule has 0 bridgehead atoms. The minimum absolute atomic E-state index is 0.00827. The summed E-state index contributed by atoms with van der Waals surface area (Å²) in [5.74, 6) is -0.657. The number of hydrogen-bond donors (Lipinski definition) is 3. The normalized spacial score (nSPS) is 24.1. The lowest BCUT2D eigenvalue weighted by atomic mass is 9.87. The SMILES string of the molecule is O=C(N[C@@H]1CCCNC1=O)[C@H]1CN(C(=O)Nc2ccccc2)CCN1C(=O)C1CCCCC1. The van der Waals surface area contributed by atoms with Gasteiger partial charge in [-0.2, -0.15) is 0 Å². The van der Waals surface area contributed by atoms with Gasteiger partial charge in [0.1, 0.15) is 12.1 Å². The number of benzene rings is 1. The van der Waals surface area contributed by atoms with Crippen LogP contribution in [0.1, 0.15) is 44.9 Å².